The molecule has 0 amide bonds. The van der Waals surface area contributed by atoms with Crippen molar-refractivity contribution >= 4 is 0 Å². The number of hydrogen-bond acceptors (Lipinski definition) is 3. The number of ether oxygens (including phenoxy) is 2. The Labute approximate surface area is 115 Å². The third kappa shape index (κ3) is 2.44. The topological polar surface area (TPSA) is 44.5 Å². The largest absolute Gasteiger partial charge is 0.490 e. The first-order valence-corrected chi connectivity index (χ1v) is 7.44. The van der Waals surface area contributed by atoms with Gasteiger partial charge in [-0.05, 0) is 30.5 Å². The van der Waals surface area contributed by atoms with Gasteiger partial charge in [0, 0.05) is 18.4 Å². The van der Waals surface area contributed by atoms with E-state index in [0.717, 1.165) is 37.7 Å². The van der Waals surface area contributed by atoms with Gasteiger partial charge < -0.3 is 15.2 Å². The summed E-state index contributed by atoms with van der Waals surface area (Å²) in [5.74, 6) is 1.78. The number of hydrogen-bond donors (Lipinski definition) is 1. The van der Waals surface area contributed by atoms with Crippen molar-refractivity contribution in [3.8, 4) is 11.5 Å². The van der Waals surface area contributed by atoms with E-state index < -0.39 is 0 Å². The van der Waals surface area contributed by atoms with E-state index in [9.17, 15) is 0 Å². The molecule has 1 saturated carbocycles. The van der Waals surface area contributed by atoms with Gasteiger partial charge in [-0.3, -0.25) is 0 Å². The smallest absolute Gasteiger partial charge is 0.161 e. The lowest BCUT2D eigenvalue weighted by molar-refractivity contribution is 0.293. The Kier molecular flexibility index (Phi) is 3.65. The standard InChI is InChI=1S/C16H23NO2/c17-12-16(7-2-1-3-8-16)13-5-6-14-15(11-13)19-10-4-9-18-14/h5-6,11H,1-4,7-10,12,17H2. The molecule has 0 saturated heterocycles. The zero-order valence-electron chi connectivity index (χ0n) is 11.5. The van der Waals surface area contributed by atoms with Gasteiger partial charge in [0.25, 0.3) is 0 Å². The molecule has 0 spiro atoms. The second kappa shape index (κ2) is 5.41. The highest BCUT2D eigenvalue weighted by Gasteiger charge is 2.33. The first-order valence-electron chi connectivity index (χ1n) is 7.44. The van der Waals surface area contributed by atoms with Gasteiger partial charge in [0.1, 0.15) is 0 Å². The van der Waals surface area contributed by atoms with Crippen molar-refractivity contribution < 1.29 is 9.47 Å². The summed E-state index contributed by atoms with van der Waals surface area (Å²) in [4.78, 5) is 0. The van der Waals surface area contributed by atoms with Gasteiger partial charge in [0.2, 0.25) is 0 Å². The number of benzene rings is 1. The van der Waals surface area contributed by atoms with Crippen LogP contribution in [0.5, 0.6) is 11.5 Å². The fourth-order valence-electron chi connectivity index (χ4n) is 3.33. The molecule has 1 heterocycles. The lowest BCUT2D eigenvalue weighted by Gasteiger charge is -2.37. The van der Waals surface area contributed by atoms with Crippen LogP contribution in [0.3, 0.4) is 0 Å². The van der Waals surface area contributed by atoms with Crippen molar-refractivity contribution in [3.05, 3.63) is 23.8 Å². The Morgan fingerprint density at radius 1 is 0.947 bits per heavy atom. The summed E-state index contributed by atoms with van der Waals surface area (Å²) in [6.07, 6.45) is 7.25. The molecular formula is C16H23NO2. The lowest BCUT2D eigenvalue weighted by Crippen LogP contribution is -2.37. The molecule has 3 nitrogen and oxygen atoms in total. The zero-order valence-corrected chi connectivity index (χ0v) is 11.5. The molecule has 19 heavy (non-hydrogen) atoms. The molecular weight excluding hydrogens is 238 g/mol. The van der Waals surface area contributed by atoms with Crippen LogP contribution < -0.4 is 15.2 Å². The van der Waals surface area contributed by atoms with Gasteiger partial charge in [-0.15, -0.1) is 0 Å². The van der Waals surface area contributed by atoms with E-state index in [1.165, 1.54) is 37.7 Å². The van der Waals surface area contributed by atoms with Gasteiger partial charge in [-0.25, -0.2) is 0 Å². The summed E-state index contributed by atoms with van der Waals surface area (Å²) in [5.41, 5.74) is 7.59. The van der Waals surface area contributed by atoms with Crippen LogP contribution in [0.25, 0.3) is 0 Å². The molecule has 0 radical (unpaired) electrons. The zero-order chi connectivity index (χ0) is 13.1. The van der Waals surface area contributed by atoms with E-state index in [0.29, 0.717) is 0 Å². The maximum Gasteiger partial charge on any atom is 0.161 e. The van der Waals surface area contributed by atoms with Crippen molar-refractivity contribution in [2.24, 2.45) is 5.73 Å². The number of nitrogens with two attached hydrogens (primary N) is 1. The molecule has 3 rings (SSSR count). The van der Waals surface area contributed by atoms with E-state index in [2.05, 4.69) is 18.2 Å². The molecule has 1 aromatic carbocycles. The lowest BCUT2D eigenvalue weighted by atomic mass is 9.69. The molecule has 2 aliphatic rings. The number of rotatable bonds is 2. The van der Waals surface area contributed by atoms with Crippen LogP contribution in [-0.2, 0) is 5.41 Å². The minimum absolute atomic E-state index is 0.156. The average Bonchev–Trinajstić information content (AvgIpc) is 2.72. The molecule has 2 N–H and O–H groups in total. The Bertz CT molecular complexity index is 438. The van der Waals surface area contributed by atoms with E-state index >= 15 is 0 Å². The van der Waals surface area contributed by atoms with Crippen LogP contribution in [0.4, 0.5) is 0 Å². The van der Waals surface area contributed by atoms with Crippen molar-refractivity contribution in [2.45, 2.75) is 43.9 Å². The van der Waals surface area contributed by atoms with Gasteiger partial charge in [-0.1, -0.05) is 25.3 Å². The van der Waals surface area contributed by atoms with Crippen molar-refractivity contribution in [1.82, 2.24) is 0 Å². The fourth-order valence-corrected chi connectivity index (χ4v) is 3.33. The van der Waals surface area contributed by atoms with E-state index in [4.69, 9.17) is 15.2 Å². The second-order valence-electron chi connectivity index (χ2n) is 5.76. The predicted octanol–water partition coefficient (Wildman–Crippen LogP) is 3.01. The predicted molar refractivity (Wildman–Crippen MR) is 75.9 cm³/mol. The molecule has 1 aromatic rings. The molecule has 0 aromatic heterocycles. The van der Waals surface area contributed by atoms with Gasteiger partial charge in [0.05, 0.1) is 13.2 Å². The normalized spacial score (nSPS) is 21.7. The highest BCUT2D eigenvalue weighted by molar-refractivity contribution is 5.46. The Morgan fingerprint density at radius 3 is 2.42 bits per heavy atom. The second-order valence-corrected chi connectivity index (χ2v) is 5.76. The SMILES string of the molecule is NCC1(c2ccc3c(c2)OCCCO3)CCCCC1. The van der Waals surface area contributed by atoms with Crippen LogP contribution in [0, 0.1) is 0 Å². The fraction of sp³-hybridized carbons (Fsp3) is 0.625. The Hall–Kier alpha value is -1.22. The summed E-state index contributed by atoms with van der Waals surface area (Å²) < 4.78 is 11.5. The molecule has 0 bridgehead atoms. The first-order chi connectivity index (χ1) is 9.34. The van der Waals surface area contributed by atoms with Crippen LogP contribution in [0.2, 0.25) is 0 Å². The van der Waals surface area contributed by atoms with E-state index in [1.54, 1.807) is 0 Å². The third-order valence-corrected chi connectivity index (χ3v) is 4.56. The Morgan fingerprint density at radius 2 is 1.68 bits per heavy atom. The minimum Gasteiger partial charge on any atom is -0.490 e. The number of fused-ring (bicyclic) bond motifs is 1. The monoisotopic (exact) mass is 261 g/mol. The van der Waals surface area contributed by atoms with E-state index in [-0.39, 0.29) is 5.41 Å². The summed E-state index contributed by atoms with van der Waals surface area (Å²) in [6.45, 7) is 2.22. The molecule has 0 atom stereocenters. The van der Waals surface area contributed by atoms with Crippen molar-refractivity contribution in [2.75, 3.05) is 19.8 Å². The summed E-state index contributed by atoms with van der Waals surface area (Å²) in [6, 6.07) is 6.41. The van der Waals surface area contributed by atoms with Crippen LogP contribution in [0.15, 0.2) is 18.2 Å². The van der Waals surface area contributed by atoms with Gasteiger partial charge >= 0.3 is 0 Å². The molecule has 1 fully saturated rings. The van der Waals surface area contributed by atoms with Crippen molar-refractivity contribution in [3.63, 3.8) is 0 Å². The highest BCUT2D eigenvalue weighted by Crippen LogP contribution is 2.42. The quantitative estimate of drug-likeness (QED) is 0.890. The van der Waals surface area contributed by atoms with Crippen LogP contribution in [-0.4, -0.2) is 19.8 Å². The van der Waals surface area contributed by atoms with Crippen LogP contribution >= 0.6 is 0 Å². The summed E-state index contributed by atoms with van der Waals surface area (Å²) >= 11 is 0. The van der Waals surface area contributed by atoms with Gasteiger partial charge in [0.15, 0.2) is 11.5 Å². The summed E-state index contributed by atoms with van der Waals surface area (Å²) in [5, 5.41) is 0. The van der Waals surface area contributed by atoms with Crippen LogP contribution in [0.1, 0.15) is 44.1 Å². The van der Waals surface area contributed by atoms with E-state index in [1.807, 2.05) is 0 Å². The maximum absolute atomic E-state index is 6.11. The average molecular weight is 261 g/mol. The maximum atomic E-state index is 6.11. The third-order valence-electron chi connectivity index (χ3n) is 4.56. The molecule has 0 unspecified atom stereocenters. The molecule has 1 aliphatic heterocycles. The Balaban J connectivity index is 1.93. The molecule has 104 valence electrons. The molecule has 1 aliphatic carbocycles. The highest BCUT2D eigenvalue weighted by atomic mass is 16.5. The summed E-state index contributed by atoms with van der Waals surface area (Å²) in [7, 11) is 0. The first kappa shape index (κ1) is 12.8. The van der Waals surface area contributed by atoms with Gasteiger partial charge in [-0.2, -0.15) is 0 Å². The van der Waals surface area contributed by atoms with Crippen molar-refractivity contribution in [1.29, 1.82) is 0 Å². The minimum atomic E-state index is 0.156. The molecule has 3 heteroatoms.